The Labute approximate surface area is 129 Å². The summed E-state index contributed by atoms with van der Waals surface area (Å²) in [5.74, 6) is 2.19. The highest BCUT2D eigenvalue weighted by Crippen LogP contribution is 2.32. The van der Waals surface area contributed by atoms with Gasteiger partial charge in [-0.05, 0) is 25.7 Å². The fourth-order valence-electron chi connectivity index (χ4n) is 2.41. The molecule has 1 saturated carbocycles. The topological polar surface area (TPSA) is 41.1 Å². The van der Waals surface area contributed by atoms with Gasteiger partial charge >= 0.3 is 0 Å². The maximum absolute atomic E-state index is 4.83. The predicted molar refractivity (Wildman–Crippen MR) is 88.7 cm³/mol. The van der Waals surface area contributed by atoms with Gasteiger partial charge in [-0.15, -0.1) is 0 Å². The first-order valence-electron chi connectivity index (χ1n) is 8.35. The van der Waals surface area contributed by atoms with Crippen LogP contribution in [0.2, 0.25) is 0 Å². The van der Waals surface area contributed by atoms with Gasteiger partial charge in [0.2, 0.25) is 0 Å². The SMILES string of the molecule is CCN(CC1CC1)c1cnc(C(C)C)nc1CNC(C)C. The molecule has 21 heavy (non-hydrogen) atoms. The van der Waals surface area contributed by atoms with Gasteiger partial charge < -0.3 is 10.2 Å². The Bertz CT molecular complexity index is 452. The van der Waals surface area contributed by atoms with E-state index in [4.69, 9.17) is 4.98 Å². The monoisotopic (exact) mass is 290 g/mol. The van der Waals surface area contributed by atoms with Gasteiger partial charge in [-0.25, -0.2) is 9.97 Å². The molecule has 2 rings (SSSR count). The summed E-state index contributed by atoms with van der Waals surface area (Å²) in [5.41, 5.74) is 2.35. The van der Waals surface area contributed by atoms with Crippen LogP contribution >= 0.6 is 0 Å². The molecule has 0 spiro atoms. The van der Waals surface area contributed by atoms with Gasteiger partial charge in [0.15, 0.2) is 0 Å². The van der Waals surface area contributed by atoms with Crippen molar-refractivity contribution in [1.82, 2.24) is 15.3 Å². The lowest BCUT2D eigenvalue weighted by Crippen LogP contribution is -2.30. The molecular weight excluding hydrogens is 260 g/mol. The van der Waals surface area contributed by atoms with E-state index in [0.717, 1.165) is 37.1 Å². The van der Waals surface area contributed by atoms with E-state index in [1.807, 2.05) is 6.20 Å². The third-order valence-electron chi connectivity index (χ3n) is 3.96. The Hall–Kier alpha value is -1.16. The lowest BCUT2D eigenvalue weighted by Gasteiger charge is -2.26. The molecule has 1 aliphatic rings. The highest BCUT2D eigenvalue weighted by molar-refractivity contribution is 5.49. The molecule has 0 atom stereocenters. The van der Waals surface area contributed by atoms with Crippen molar-refractivity contribution < 1.29 is 0 Å². The van der Waals surface area contributed by atoms with E-state index >= 15 is 0 Å². The van der Waals surface area contributed by atoms with Crippen molar-refractivity contribution in [3.8, 4) is 0 Å². The molecule has 4 heteroatoms. The molecule has 0 aliphatic heterocycles. The first-order chi connectivity index (χ1) is 10.0. The maximum Gasteiger partial charge on any atom is 0.131 e. The van der Waals surface area contributed by atoms with E-state index in [1.54, 1.807) is 0 Å². The zero-order chi connectivity index (χ0) is 15.4. The summed E-state index contributed by atoms with van der Waals surface area (Å²) in [6.45, 7) is 13.9. The Morgan fingerprint density at radius 2 is 2.00 bits per heavy atom. The zero-order valence-corrected chi connectivity index (χ0v) is 14.2. The number of aromatic nitrogens is 2. The predicted octanol–water partition coefficient (Wildman–Crippen LogP) is 3.33. The normalized spacial score (nSPS) is 15.0. The van der Waals surface area contributed by atoms with Gasteiger partial charge in [-0.1, -0.05) is 27.7 Å². The van der Waals surface area contributed by atoms with Crippen LogP contribution in [0.3, 0.4) is 0 Å². The smallest absolute Gasteiger partial charge is 0.131 e. The van der Waals surface area contributed by atoms with Crippen LogP contribution in [0.5, 0.6) is 0 Å². The molecule has 1 aliphatic carbocycles. The van der Waals surface area contributed by atoms with Crippen molar-refractivity contribution in [3.05, 3.63) is 17.7 Å². The molecule has 1 heterocycles. The Balaban J connectivity index is 2.23. The highest BCUT2D eigenvalue weighted by Gasteiger charge is 2.25. The third-order valence-corrected chi connectivity index (χ3v) is 3.96. The molecule has 0 unspecified atom stereocenters. The summed E-state index contributed by atoms with van der Waals surface area (Å²) in [6.07, 6.45) is 4.79. The average Bonchev–Trinajstić information content (AvgIpc) is 3.26. The Morgan fingerprint density at radius 1 is 1.29 bits per heavy atom. The molecule has 0 saturated heterocycles. The molecule has 1 aromatic rings. The number of rotatable bonds is 8. The largest absolute Gasteiger partial charge is 0.369 e. The number of hydrogen-bond donors (Lipinski definition) is 1. The van der Waals surface area contributed by atoms with Gasteiger partial charge in [0.25, 0.3) is 0 Å². The summed E-state index contributed by atoms with van der Waals surface area (Å²) < 4.78 is 0. The minimum Gasteiger partial charge on any atom is -0.369 e. The number of nitrogens with zero attached hydrogens (tertiary/aromatic N) is 3. The second-order valence-corrected chi connectivity index (χ2v) is 6.73. The summed E-state index contributed by atoms with van der Waals surface area (Å²) in [7, 11) is 0. The highest BCUT2D eigenvalue weighted by atomic mass is 15.2. The van der Waals surface area contributed by atoms with Crippen molar-refractivity contribution in [1.29, 1.82) is 0 Å². The lowest BCUT2D eigenvalue weighted by molar-refractivity contribution is 0.574. The standard InChI is InChI=1S/C17H30N4/c1-6-21(11-14-7-8-14)16-10-19-17(12(2)3)20-15(16)9-18-13(4)5/h10,12-14,18H,6-9,11H2,1-5H3. The van der Waals surface area contributed by atoms with Crippen LogP contribution in [0.1, 0.15) is 64.9 Å². The van der Waals surface area contributed by atoms with E-state index in [-0.39, 0.29) is 0 Å². The van der Waals surface area contributed by atoms with Crippen LogP contribution in [0, 0.1) is 5.92 Å². The fraction of sp³-hybridized carbons (Fsp3) is 0.765. The molecule has 1 aromatic heterocycles. The van der Waals surface area contributed by atoms with Crippen molar-refractivity contribution in [3.63, 3.8) is 0 Å². The first-order valence-corrected chi connectivity index (χ1v) is 8.35. The van der Waals surface area contributed by atoms with Crippen molar-refractivity contribution in [2.45, 2.75) is 66.0 Å². The van der Waals surface area contributed by atoms with Crippen molar-refractivity contribution in [2.75, 3.05) is 18.0 Å². The van der Waals surface area contributed by atoms with Crippen LogP contribution in [0.25, 0.3) is 0 Å². The fourth-order valence-corrected chi connectivity index (χ4v) is 2.41. The van der Waals surface area contributed by atoms with E-state index in [9.17, 15) is 0 Å². The van der Waals surface area contributed by atoms with E-state index in [0.29, 0.717) is 12.0 Å². The van der Waals surface area contributed by atoms with Crippen LogP contribution in [-0.2, 0) is 6.54 Å². The summed E-state index contributed by atoms with van der Waals surface area (Å²) in [4.78, 5) is 11.9. The molecular formula is C17H30N4. The van der Waals surface area contributed by atoms with Gasteiger partial charge in [0.1, 0.15) is 5.82 Å². The number of nitrogens with one attached hydrogen (secondary N) is 1. The van der Waals surface area contributed by atoms with E-state index < -0.39 is 0 Å². The summed E-state index contributed by atoms with van der Waals surface area (Å²) in [5, 5.41) is 3.50. The summed E-state index contributed by atoms with van der Waals surface area (Å²) in [6, 6.07) is 0.467. The van der Waals surface area contributed by atoms with Gasteiger partial charge in [-0.3, -0.25) is 0 Å². The minimum absolute atomic E-state index is 0.371. The molecule has 118 valence electrons. The molecule has 1 fully saturated rings. The second-order valence-electron chi connectivity index (χ2n) is 6.73. The van der Waals surface area contributed by atoms with Crippen molar-refractivity contribution >= 4 is 5.69 Å². The zero-order valence-electron chi connectivity index (χ0n) is 14.2. The number of hydrogen-bond acceptors (Lipinski definition) is 4. The second kappa shape index (κ2) is 7.21. The molecule has 1 N–H and O–H groups in total. The minimum atomic E-state index is 0.371. The van der Waals surface area contributed by atoms with Crippen molar-refractivity contribution in [2.24, 2.45) is 5.92 Å². The third kappa shape index (κ3) is 4.67. The quantitative estimate of drug-likeness (QED) is 0.797. The van der Waals surface area contributed by atoms with Gasteiger partial charge in [-0.2, -0.15) is 0 Å². The van der Waals surface area contributed by atoms with Gasteiger partial charge in [0.05, 0.1) is 17.6 Å². The Morgan fingerprint density at radius 3 is 2.52 bits per heavy atom. The molecule has 0 aromatic carbocycles. The van der Waals surface area contributed by atoms with Crippen LogP contribution in [-0.4, -0.2) is 29.1 Å². The van der Waals surface area contributed by atoms with Crippen LogP contribution in [0.4, 0.5) is 5.69 Å². The number of anilines is 1. The molecule has 0 bridgehead atoms. The maximum atomic E-state index is 4.83. The van der Waals surface area contributed by atoms with Gasteiger partial charge in [0, 0.05) is 31.6 Å². The molecule has 0 radical (unpaired) electrons. The summed E-state index contributed by atoms with van der Waals surface area (Å²) >= 11 is 0. The molecule has 4 nitrogen and oxygen atoms in total. The Kier molecular flexibility index (Phi) is 5.57. The molecule has 0 amide bonds. The van der Waals surface area contributed by atoms with Crippen LogP contribution < -0.4 is 10.2 Å². The van der Waals surface area contributed by atoms with E-state index in [2.05, 4.69) is 49.8 Å². The van der Waals surface area contributed by atoms with Crippen LogP contribution in [0.15, 0.2) is 6.20 Å². The first kappa shape index (κ1) is 16.2. The average molecular weight is 290 g/mol. The van der Waals surface area contributed by atoms with E-state index in [1.165, 1.54) is 18.5 Å². The lowest BCUT2D eigenvalue weighted by atomic mass is 10.2.